The zero-order valence-corrected chi connectivity index (χ0v) is 14.1. The Morgan fingerprint density at radius 2 is 2.05 bits per heavy atom. The van der Waals surface area contributed by atoms with E-state index in [1.54, 1.807) is 0 Å². The van der Waals surface area contributed by atoms with Gasteiger partial charge in [0.2, 0.25) is 0 Å². The van der Waals surface area contributed by atoms with Gasteiger partial charge in [0, 0.05) is 6.42 Å². The maximum atomic E-state index is 10.4. The van der Waals surface area contributed by atoms with Crippen molar-refractivity contribution in [1.82, 2.24) is 0 Å². The third-order valence-electron chi connectivity index (χ3n) is 4.48. The SMILES string of the molecule is CCCCCCC=C[C@H]1CCC[C@@H]1CC=C=CCCC(=O)O. The van der Waals surface area contributed by atoms with E-state index in [4.69, 9.17) is 5.11 Å². The van der Waals surface area contributed by atoms with Crippen LogP contribution in [-0.4, -0.2) is 11.1 Å². The maximum absolute atomic E-state index is 10.4. The van der Waals surface area contributed by atoms with Gasteiger partial charge < -0.3 is 5.11 Å². The van der Waals surface area contributed by atoms with Crippen molar-refractivity contribution >= 4 is 5.97 Å². The summed E-state index contributed by atoms with van der Waals surface area (Å²) in [6.07, 6.45) is 21.2. The van der Waals surface area contributed by atoms with Gasteiger partial charge >= 0.3 is 5.97 Å². The van der Waals surface area contributed by atoms with E-state index in [-0.39, 0.29) is 6.42 Å². The third kappa shape index (κ3) is 8.89. The summed E-state index contributed by atoms with van der Waals surface area (Å²) in [4.78, 5) is 10.4. The summed E-state index contributed by atoms with van der Waals surface area (Å²) in [6.45, 7) is 2.25. The molecular formula is C20H32O2. The number of rotatable bonds is 11. The molecule has 0 bridgehead atoms. The molecule has 0 aromatic rings. The molecule has 2 atom stereocenters. The lowest BCUT2D eigenvalue weighted by Gasteiger charge is -2.13. The Morgan fingerprint density at radius 1 is 1.18 bits per heavy atom. The molecule has 1 saturated carbocycles. The standard InChI is InChI=1S/C20H32O2/c1-2-3-4-5-6-9-13-18-15-12-16-19(18)14-10-7-8-11-17-20(21)22/h8-10,13,18-19H,2-6,11-12,14-17H2,1H3,(H,21,22)/t7?,18-,19-/m0/s1. The molecule has 1 aliphatic rings. The number of carbonyl (C=O) groups is 1. The molecule has 0 spiro atoms. The molecule has 0 unspecified atom stereocenters. The summed E-state index contributed by atoms with van der Waals surface area (Å²) in [5.74, 6) is 0.758. The van der Waals surface area contributed by atoms with Gasteiger partial charge in [-0.1, -0.05) is 44.8 Å². The minimum Gasteiger partial charge on any atom is -0.481 e. The molecule has 0 heterocycles. The van der Waals surface area contributed by atoms with Gasteiger partial charge in [-0.2, -0.15) is 0 Å². The fourth-order valence-electron chi connectivity index (χ4n) is 3.15. The molecule has 2 nitrogen and oxygen atoms in total. The van der Waals surface area contributed by atoms with Crippen LogP contribution in [0.5, 0.6) is 0 Å². The van der Waals surface area contributed by atoms with Crippen LogP contribution in [-0.2, 0) is 4.79 Å². The van der Waals surface area contributed by atoms with Crippen LogP contribution in [0.15, 0.2) is 30.0 Å². The van der Waals surface area contributed by atoms with Crippen LogP contribution in [0.25, 0.3) is 0 Å². The summed E-state index contributed by atoms with van der Waals surface area (Å²) in [6, 6.07) is 0. The van der Waals surface area contributed by atoms with Crippen molar-refractivity contribution in [3.8, 4) is 0 Å². The van der Waals surface area contributed by atoms with Crippen molar-refractivity contribution < 1.29 is 9.90 Å². The van der Waals surface area contributed by atoms with Crippen LogP contribution in [0.4, 0.5) is 0 Å². The monoisotopic (exact) mass is 304 g/mol. The molecule has 2 heteroatoms. The van der Waals surface area contributed by atoms with Gasteiger partial charge in [0.15, 0.2) is 0 Å². The number of hydrogen-bond acceptors (Lipinski definition) is 1. The summed E-state index contributed by atoms with van der Waals surface area (Å²) in [7, 11) is 0. The highest BCUT2D eigenvalue weighted by Gasteiger charge is 2.23. The Hall–Kier alpha value is -1.27. The van der Waals surface area contributed by atoms with Crippen molar-refractivity contribution in [2.24, 2.45) is 11.8 Å². The van der Waals surface area contributed by atoms with Crippen LogP contribution >= 0.6 is 0 Å². The normalized spacial score (nSPS) is 21.0. The second-order valence-corrected chi connectivity index (χ2v) is 6.38. The van der Waals surface area contributed by atoms with E-state index in [0.29, 0.717) is 6.42 Å². The number of hydrogen-bond donors (Lipinski definition) is 1. The minimum atomic E-state index is -0.738. The first-order valence-corrected chi connectivity index (χ1v) is 9.02. The fourth-order valence-corrected chi connectivity index (χ4v) is 3.15. The topological polar surface area (TPSA) is 37.3 Å². The van der Waals surface area contributed by atoms with Crippen LogP contribution in [0, 0.1) is 11.8 Å². The van der Waals surface area contributed by atoms with Gasteiger partial charge in [-0.3, -0.25) is 4.79 Å². The van der Waals surface area contributed by atoms with Crippen LogP contribution in [0.3, 0.4) is 0 Å². The highest BCUT2D eigenvalue weighted by Crippen LogP contribution is 2.35. The second kappa shape index (κ2) is 12.3. The molecule has 0 radical (unpaired) electrons. The summed E-state index contributed by atoms with van der Waals surface area (Å²) in [5, 5.41) is 8.56. The second-order valence-electron chi connectivity index (χ2n) is 6.38. The molecule has 1 N–H and O–H groups in total. The highest BCUT2D eigenvalue weighted by molar-refractivity contribution is 5.66. The van der Waals surface area contributed by atoms with E-state index >= 15 is 0 Å². The van der Waals surface area contributed by atoms with Gasteiger partial charge in [0.25, 0.3) is 0 Å². The lowest BCUT2D eigenvalue weighted by Crippen LogP contribution is -2.03. The van der Waals surface area contributed by atoms with Crippen molar-refractivity contribution in [3.05, 3.63) is 30.0 Å². The molecule has 1 fully saturated rings. The summed E-state index contributed by atoms with van der Waals surface area (Å²) >= 11 is 0. The lowest BCUT2D eigenvalue weighted by atomic mass is 9.92. The Labute approximate surface area is 136 Å². The highest BCUT2D eigenvalue weighted by atomic mass is 16.4. The number of aliphatic carboxylic acids is 1. The molecular weight excluding hydrogens is 272 g/mol. The molecule has 0 saturated heterocycles. The molecule has 0 amide bonds. The largest absolute Gasteiger partial charge is 0.481 e. The van der Waals surface area contributed by atoms with Crippen LogP contribution in [0.1, 0.15) is 77.6 Å². The van der Waals surface area contributed by atoms with Gasteiger partial charge in [-0.25, -0.2) is 0 Å². The van der Waals surface area contributed by atoms with Crippen molar-refractivity contribution in [3.63, 3.8) is 0 Å². The van der Waals surface area contributed by atoms with E-state index < -0.39 is 5.97 Å². The quantitative estimate of drug-likeness (QED) is 0.293. The van der Waals surface area contributed by atoms with Crippen molar-refractivity contribution in [2.75, 3.05) is 0 Å². The van der Waals surface area contributed by atoms with Gasteiger partial charge in [0.1, 0.15) is 0 Å². The first-order valence-electron chi connectivity index (χ1n) is 9.02. The van der Waals surface area contributed by atoms with E-state index in [2.05, 4.69) is 30.9 Å². The molecule has 22 heavy (non-hydrogen) atoms. The average Bonchev–Trinajstić information content (AvgIpc) is 2.93. The number of unbranched alkanes of at least 4 members (excludes halogenated alkanes) is 4. The first kappa shape index (κ1) is 18.8. The Kier molecular flexibility index (Phi) is 10.5. The average molecular weight is 304 g/mol. The van der Waals surface area contributed by atoms with E-state index in [1.807, 2.05) is 6.08 Å². The van der Waals surface area contributed by atoms with E-state index in [0.717, 1.165) is 18.3 Å². The van der Waals surface area contributed by atoms with E-state index in [9.17, 15) is 4.79 Å². The number of allylic oxidation sites excluding steroid dienone is 3. The molecule has 1 rings (SSSR count). The van der Waals surface area contributed by atoms with E-state index in [1.165, 1.54) is 51.4 Å². The Morgan fingerprint density at radius 3 is 2.82 bits per heavy atom. The molecule has 1 aliphatic carbocycles. The lowest BCUT2D eigenvalue weighted by molar-refractivity contribution is -0.136. The van der Waals surface area contributed by atoms with Gasteiger partial charge in [0.05, 0.1) is 0 Å². The molecule has 124 valence electrons. The zero-order chi connectivity index (χ0) is 16.0. The minimum absolute atomic E-state index is 0.202. The molecule has 0 aliphatic heterocycles. The smallest absolute Gasteiger partial charge is 0.303 e. The van der Waals surface area contributed by atoms with Crippen molar-refractivity contribution in [2.45, 2.75) is 77.6 Å². The summed E-state index contributed by atoms with van der Waals surface area (Å²) < 4.78 is 0. The zero-order valence-electron chi connectivity index (χ0n) is 14.1. The Bertz CT molecular complexity index is 389. The van der Waals surface area contributed by atoms with Crippen LogP contribution in [0.2, 0.25) is 0 Å². The number of carboxylic acids is 1. The van der Waals surface area contributed by atoms with Crippen LogP contribution < -0.4 is 0 Å². The molecule has 0 aromatic heterocycles. The Balaban J connectivity index is 2.23. The summed E-state index contributed by atoms with van der Waals surface area (Å²) in [5.41, 5.74) is 3.14. The fraction of sp³-hybridized carbons (Fsp3) is 0.700. The predicted octanol–water partition coefficient (Wildman–Crippen LogP) is 5.90. The maximum Gasteiger partial charge on any atom is 0.303 e. The first-order chi connectivity index (χ1) is 10.7. The number of carboxylic acid groups (broad SMARTS) is 1. The van der Waals surface area contributed by atoms with Gasteiger partial charge in [-0.05, 0) is 62.5 Å². The molecule has 0 aromatic carbocycles. The van der Waals surface area contributed by atoms with Gasteiger partial charge in [-0.15, -0.1) is 5.73 Å². The predicted molar refractivity (Wildman–Crippen MR) is 92.9 cm³/mol. The third-order valence-corrected chi connectivity index (χ3v) is 4.48. The van der Waals surface area contributed by atoms with Crippen molar-refractivity contribution in [1.29, 1.82) is 0 Å².